The molecule has 0 unspecified atom stereocenters. The minimum atomic E-state index is 0.870. The number of hydrogen-bond donors (Lipinski definition) is 0. The molecule has 0 saturated carbocycles. The van der Waals surface area contributed by atoms with Gasteiger partial charge in [0.1, 0.15) is 11.2 Å². The van der Waals surface area contributed by atoms with E-state index in [-0.39, 0.29) is 0 Å². The van der Waals surface area contributed by atoms with E-state index in [1.165, 1.54) is 42.2 Å². The summed E-state index contributed by atoms with van der Waals surface area (Å²) in [4.78, 5) is 5.24. The number of fused-ring (bicyclic) bond motifs is 9. The molecule has 0 aliphatic rings. The Bertz CT molecular complexity index is 2810. The van der Waals surface area contributed by atoms with Gasteiger partial charge in [0.15, 0.2) is 0 Å². The van der Waals surface area contributed by atoms with Crippen LogP contribution in [0.5, 0.6) is 0 Å². The summed E-state index contributed by atoms with van der Waals surface area (Å²) in [5.74, 6) is 0. The van der Waals surface area contributed by atoms with E-state index in [0.717, 1.165) is 55.0 Å². The molecule has 0 saturated heterocycles. The molecule has 214 valence electrons. The van der Waals surface area contributed by atoms with Crippen molar-refractivity contribution < 1.29 is 4.42 Å². The first-order valence-corrected chi connectivity index (χ1v) is 16.4. The van der Waals surface area contributed by atoms with Crippen molar-refractivity contribution in [3.05, 3.63) is 152 Å². The normalized spacial score (nSPS) is 11.9. The van der Waals surface area contributed by atoms with Gasteiger partial charge < -0.3 is 4.42 Å². The Morgan fingerprint density at radius 1 is 0.413 bits per heavy atom. The van der Waals surface area contributed by atoms with Gasteiger partial charge >= 0.3 is 0 Å². The monoisotopic (exact) mass is 603 g/mol. The summed E-state index contributed by atoms with van der Waals surface area (Å²) in [6.45, 7) is 0. The molecular formula is C43H25NOS. The van der Waals surface area contributed by atoms with Crippen molar-refractivity contribution in [1.29, 1.82) is 0 Å². The minimum absolute atomic E-state index is 0.870. The second-order valence-electron chi connectivity index (χ2n) is 11.9. The second kappa shape index (κ2) is 9.87. The Labute approximate surface area is 268 Å². The van der Waals surface area contributed by atoms with Crippen LogP contribution in [0.2, 0.25) is 0 Å². The van der Waals surface area contributed by atoms with Crippen LogP contribution >= 0.6 is 11.3 Å². The molecule has 2 nitrogen and oxygen atoms in total. The molecule has 0 aliphatic carbocycles. The SMILES string of the molecule is c1ccc(-c2nc3ccccc3c3c(-c4cccc(-c5ccc6sc7ccccc7c6c5)c4)c4c(cc23)oc2ccccc24)cc1. The molecule has 46 heavy (non-hydrogen) atoms. The van der Waals surface area contributed by atoms with Gasteiger partial charge in [0.2, 0.25) is 0 Å². The lowest BCUT2D eigenvalue weighted by Crippen LogP contribution is -1.93. The standard InChI is InChI=1S/C43H25NOS/c1-2-11-26(12-3-1)43-34-25-37-42(32-17-5-8-19-36(32)45-37)40(41(34)31-16-4-7-18-35(31)44-43)29-14-10-13-27(23-29)28-21-22-39-33(24-28)30-15-6-9-20-38(30)46-39/h1-25H. The quantitative estimate of drug-likeness (QED) is 0.188. The number of nitrogens with zero attached hydrogens (tertiary/aromatic N) is 1. The molecule has 10 rings (SSSR count). The number of benzene rings is 7. The zero-order valence-corrected chi connectivity index (χ0v) is 25.5. The second-order valence-corrected chi connectivity index (χ2v) is 13.0. The topological polar surface area (TPSA) is 26.0 Å². The van der Waals surface area contributed by atoms with Crippen molar-refractivity contribution >= 4 is 75.1 Å². The molecule has 0 N–H and O–H groups in total. The van der Waals surface area contributed by atoms with E-state index in [4.69, 9.17) is 9.40 Å². The Balaban J connectivity index is 1.32. The van der Waals surface area contributed by atoms with Crippen LogP contribution < -0.4 is 0 Å². The first-order valence-electron chi connectivity index (χ1n) is 15.5. The van der Waals surface area contributed by atoms with Gasteiger partial charge in [-0.1, -0.05) is 109 Å². The van der Waals surface area contributed by atoms with Crippen LogP contribution in [0, 0.1) is 0 Å². The van der Waals surface area contributed by atoms with E-state index in [0.29, 0.717) is 0 Å². The van der Waals surface area contributed by atoms with E-state index < -0.39 is 0 Å². The van der Waals surface area contributed by atoms with Gasteiger partial charge in [-0.25, -0.2) is 4.98 Å². The molecule has 10 aromatic rings. The average Bonchev–Trinajstić information content (AvgIpc) is 3.68. The van der Waals surface area contributed by atoms with Gasteiger partial charge in [-0.2, -0.15) is 0 Å². The number of para-hydroxylation sites is 2. The number of rotatable bonds is 3. The molecule has 0 aliphatic heterocycles. The molecular weight excluding hydrogens is 579 g/mol. The van der Waals surface area contributed by atoms with Crippen molar-refractivity contribution in [1.82, 2.24) is 4.98 Å². The van der Waals surface area contributed by atoms with Gasteiger partial charge in [-0.05, 0) is 59.2 Å². The first kappa shape index (κ1) is 25.5. The molecule has 0 amide bonds. The van der Waals surface area contributed by atoms with Gasteiger partial charge in [-0.3, -0.25) is 0 Å². The average molecular weight is 604 g/mol. The van der Waals surface area contributed by atoms with Crippen LogP contribution in [0.4, 0.5) is 0 Å². The summed E-state index contributed by atoms with van der Waals surface area (Å²) >= 11 is 1.85. The largest absolute Gasteiger partial charge is 0.456 e. The van der Waals surface area contributed by atoms with Crippen LogP contribution in [0.15, 0.2) is 156 Å². The Morgan fingerprint density at radius 2 is 1.11 bits per heavy atom. The molecule has 0 atom stereocenters. The highest BCUT2D eigenvalue weighted by atomic mass is 32.1. The van der Waals surface area contributed by atoms with E-state index in [1.807, 2.05) is 17.4 Å². The van der Waals surface area contributed by atoms with Crippen molar-refractivity contribution in [3.8, 4) is 33.5 Å². The zero-order chi connectivity index (χ0) is 30.2. The van der Waals surface area contributed by atoms with E-state index >= 15 is 0 Å². The summed E-state index contributed by atoms with van der Waals surface area (Å²) in [7, 11) is 0. The predicted octanol–water partition coefficient (Wildman–Crippen LogP) is 12.7. The number of thiophene rings is 1. The van der Waals surface area contributed by atoms with E-state index in [1.54, 1.807) is 0 Å². The summed E-state index contributed by atoms with van der Waals surface area (Å²) in [6, 6.07) is 54.2. The van der Waals surface area contributed by atoms with Crippen LogP contribution in [0.3, 0.4) is 0 Å². The minimum Gasteiger partial charge on any atom is -0.456 e. The Morgan fingerprint density at radius 3 is 2.02 bits per heavy atom. The van der Waals surface area contributed by atoms with Crippen LogP contribution in [0.1, 0.15) is 0 Å². The summed E-state index contributed by atoms with van der Waals surface area (Å²) < 4.78 is 9.23. The number of aromatic nitrogens is 1. The van der Waals surface area contributed by atoms with Gasteiger partial charge in [0, 0.05) is 58.2 Å². The lowest BCUT2D eigenvalue weighted by molar-refractivity contribution is 0.669. The third kappa shape index (κ3) is 3.79. The molecule has 0 bridgehead atoms. The molecule has 7 aromatic carbocycles. The maximum atomic E-state index is 6.59. The fourth-order valence-electron chi connectivity index (χ4n) is 7.18. The number of hydrogen-bond acceptors (Lipinski definition) is 3. The molecule has 3 heteroatoms. The smallest absolute Gasteiger partial charge is 0.136 e. The van der Waals surface area contributed by atoms with Crippen molar-refractivity contribution in [2.45, 2.75) is 0 Å². The molecule has 0 radical (unpaired) electrons. The summed E-state index contributed by atoms with van der Waals surface area (Å²) in [5, 5.41) is 8.29. The van der Waals surface area contributed by atoms with Crippen LogP contribution in [-0.2, 0) is 0 Å². The molecule has 0 spiro atoms. The fraction of sp³-hybridized carbons (Fsp3) is 0. The maximum Gasteiger partial charge on any atom is 0.136 e. The highest BCUT2D eigenvalue weighted by Crippen LogP contribution is 2.47. The third-order valence-electron chi connectivity index (χ3n) is 9.24. The summed E-state index contributed by atoms with van der Waals surface area (Å²) in [6.07, 6.45) is 0. The zero-order valence-electron chi connectivity index (χ0n) is 24.7. The molecule has 3 aromatic heterocycles. The number of furan rings is 1. The lowest BCUT2D eigenvalue weighted by Gasteiger charge is -2.16. The Kier molecular flexibility index (Phi) is 5.48. The highest BCUT2D eigenvalue weighted by Gasteiger charge is 2.22. The first-order chi connectivity index (χ1) is 22.8. The van der Waals surface area contributed by atoms with E-state index in [9.17, 15) is 0 Å². The molecule has 3 heterocycles. The summed E-state index contributed by atoms with van der Waals surface area (Å²) in [5.41, 5.74) is 9.52. The van der Waals surface area contributed by atoms with E-state index in [2.05, 4.69) is 146 Å². The van der Waals surface area contributed by atoms with Gasteiger partial charge in [-0.15, -0.1) is 11.3 Å². The van der Waals surface area contributed by atoms with Crippen molar-refractivity contribution in [2.24, 2.45) is 0 Å². The highest BCUT2D eigenvalue weighted by molar-refractivity contribution is 7.25. The van der Waals surface area contributed by atoms with Gasteiger partial charge in [0.05, 0.1) is 11.2 Å². The predicted molar refractivity (Wildman–Crippen MR) is 196 cm³/mol. The lowest BCUT2D eigenvalue weighted by atomic mass is 9.88. The molecule has 0 fully saturated rings. The Hall–Kier alpha value is -5.77. The maximum absolute atomic E-state index is 6.59. The van der Waals surface area contributed by atoms with Crippen molar-refractivity contribution in [2.75, 3.05) is 0 Å². The number of pyridine rings is 1. The van der Waals surface area contributed by atoms with Crippen LogP contribution in [-0.4, -0.2) is 4.98 Å². The van der Waals surface area contributed by atoms with Crippen molar-refractivity contribution in [3.63, 3.8) is 0 Å². The third-order valence-corrected chi connectivity index (χ3v) is 10.4. The van der Waals surface area contributed by atoms with Crippen LogP contribution in [0.25, 0.3) is 97.3 Å². The van der Waals surface area contributed by atoms with Gasteiger partial charge in [0.25, 0.3) is 0 Å². The fourth-order valence-corrected chi connectivity index (χ4v) is 8.27.